The first-order chi connectivity index (χ1) is 5.27. The maximum atomic E-state index is 11.5. The second kappa shape index (κ2) is 2.48. The van der Waals surface area contributed by atoms with Gasteiger partial charge in [-0.3, -0.25) is 4.21 Å². The molecule has 2 rings (SSSR count). The van der Waals surface area contributed by atoms with Crippen molar-refractivity contribution in [3.8, 4) is 0 Å². The number of hydrogen-bond acceptors (Lipinski definition) is 1. The van der Waals surface area contributed by atoms with Crippen LogP contribution in [0.3, 0.4) is 0 Å². The van der Waals surface area contributed by atoms with Gasteiger partial charge in [0, 0.05) is 24.7 Å². The van der Waals surface area contributed by atoms with E-state index in [-0.39, 0.29) is 0 Å². The molecule has 0 aromatic carbocycles. The largest absolute Gasteiger partial charge is 0.356 e. The van der Waals surface area contributed by atoms with Crippen LogP contribution < -0.4 is 0 Å². The van der Waals surface area contributed by atoms with Crippen molar-refractivity contribution in [2.24, 2.45) is 7.05 Å². The second-order valence-corrected chi connectivity index (χ2v) is 4.74. The molecule has 1 atom stereocenters. The number of aromatic nitrogens is 1. The topological polar surface area (TPSA) is 22.0 Å². The molecular weight excluding hydrogens is 158 g/mol. The zero-order valence-electron chi connectivity index (χ0n) is 6.49. The van der Waals surface area contributed by atoms with Crippen molar-refractivity contribution in [1.82, 2.24) is 4.57 Å². The van der Waals surface area contributed by atoms with Crippen LogP contribution >= 0.6 is 0 Å². The van der Waals surface area contributed by atoms with Gasteiger partial charge in [-0.05, 0) is 18.9 Å². The Labute approximate surface area is 68.7 Å². The van der Waals surface area contributed by atoms with E-state index in [4.69, 9.17) is 0 Å². The molecule has 1 aromatic heterocycles. The van der Waals surface area contributed by atoms with Crippen molar-refractivity contribution >= 4 is 10.8 Å². The molecular formula is C8H11NOS. The molecule has 0 amide bonds. The molecule has 0 bridgehead atoms. The molecule has 1 heterocycles. The molecule has 1 aliphatic rings. The summed E-state index contributed by atoms with van der Waals surface area (Å²) in [6, 6.07) is 1.94. The van der Waals surface area contributed by atoms with Crippen molar-refractivity contribution in [3.05, 3.63) is 18.5 Å². The molecule has 60 valence electrons. The van der Waals surface area contributed by atoms with Crippen LogP contribution in [0.15, 0.2) is 23.4 Å². The fourth-order valence-corrected chi connectivity index (χ4v) is 2.49. The smallest absolute Gasteiger partial charge is 0.0576 e. The fraction of sp³-hybridized carbons (Fsp3) is 0.500. The van der Waals surface area contributed by atoms with Gasteiger partial charge >= 0.3 is 0 Å². The summed E-state index contributed by atoms with van der Waals surface area (Å²) in [5.41, 5.74) is 0. The van der Waals surface area contributed by atoms with Crippen molar-refractivity contribution in [2.75, 3.05) is 0 Å². The number of hydrogen-bond donors (Lipinski definition) is 0. The average Bonchev–Trinajstić information content (AvgIpc) is 2.74. The second-order valence-electron chi connectivity index (χ2n) is 3.01. The lowest BCUT2D eigenvalue weighted by Crippen LogP contribution is -1.95. The minimum absolute atomic E-state index is 0.456. The Kier molecular flexibility index (Phi) is 1.60. The quantitative estimate of drug-likeness (QED) is 0.654. The summed E-state index contributed by atoms with van der Waals surface area (Å²) < 4.78 is 13.5. The normalized spacial score (nSPS) is 20.1. The van der Waals surface area contributed by atoms with Crippen LogP contribution in [-0.2, 0) is 17.8 Å². The van der Waals surface area contributed by atoms with E-state index in [1.807, 2.05) is 30.1 Å². The van der Waals surface area contributed by atoms with Crippen LogP contribution in [0.2, 0.25) is 0 Å². The van der Waals surface area contributed by atoms with Crippen LogP contribution in [-0.4, -0.2) is 14.0 Å². The van der Waals surface area contributed by atoms with Gasteiger partial charge in [0.1, 0.15) is 0 Å². The van der Waals surface area contributed by atoms with Crippen molar-refractivity contribution < 1.29 is 4.21 Å². The van der Waals surface area contributed by atoms with E-state index in [2.05, 4.69) is 0 Å². The average molecular weight is 169 g/mol. The van der Waals surface area contributed by atoms with Gasteiger partial charge < -0.3 is 4.57 Å². The van der Waals surface area contributed by atoms with Gasteiger partial charge in [-0.2, -0.15) is 0 Å². The van der Waals surface area contributed by atoms with E-state index in [0.29, 0.717) is 5.25 Å². The molecule has 1 aromatic rings. The molecule has 1 saturated carbocycles. The summed E-state index contributed by atoms with van der Waals surface area (Å²) in [6.45, 7) is 0. The Morgan fingerprint density at radius 3 is 2.82 bits per heavy atom. The van der Waals surface area contributed by atoms with Crippen LogP contribution in [0.1, 0.15) is 12.8 Å². The van der Waals surface area contributed by atoms with E-state index >= 15 is 0 Å². The Morgan fingerprint density at radius 1 is 1.64 bits per heavy atom. The molecule has 2 nitrogen and oxygen atoms in total. The van der Waals surface area contributed by atoms with E-state index in [1.54, 1.807) is 0 Å². The molecule has 0 N–H and O–H groups in total. The van der Waals surface area contributed by atoms with Crippen LogP contribution in [0, 0.1) is 0 Å². The third-order valence-electron chi connectivity index (χ3n) is 1.86. The minimum atomic E-state index is -0.724. The monoisotopic (exact) mass is 169 g/mol. The van der Waals surface area contributed by atoms with Crippen LogP contribution in [0.4, 0.5) is 0 Å². The number of rotatable bonds is 2. The molecule has 1 fully saturated rings. The van der Waals surface area contributed by atoms with Crippen molar-refractivity contribution in [3.63, 3.8) is 0 Å². The van der Waals surface area contributed by atoms with Gasteiger partial charge in [0.05, 0.1) is 15.7 Å². The summed E-state index contributed by atoms with van der Waals surface area (Å²) in [4.78, 5) is 0.981. The summed E-state index contributed by atoms with van der Waals surface area (Å²) >= 11 is 0. The molecule has 3 heteroatoms. The lowest BCUT2D eigenvalue weighted by molar-refractivity contribution is 0.682. The number of aryl methyl sites for hydroxylation is 1. The van der Waals surface area contributed by atoms with Gasteiger partial charge in [-0.1, -0.05) is 0 Å². The first-order valence-electron chi connectivity index (χ1n) is 3.80. The zero-order valence-corrected chi connectivity index (χ0v) is 7.30. The summed E-state index contributed by atoms with van der Waals surface area (Å²) in [5, 5.41) is 0.456. The van der Waals surface area contributed by atoms with Gasteiger partial charge in [0.25, 0.3) is 0 Å². The lowest BCUT2D eigenvalue weighted by atomic mass is 10.7. The fourth-order valence-electron chi connectivity index (χ4n) is 1.07. The summed E-state index contributed by atoms with van der Waals surface area (Å²) in [7, 11) is 1.23. The Balaban J connectivity index is 2.21. The molecule has 0 spiro atoms. The van der Waals surface area contributed by atoms with Gasteiger partial charge in [-0.15, -0.1) is 0 Å². The molecule has 11 heavy (non-hydrogen) atoms. The summed E-state index contributed by atoms with van der Waals surface area (Å²) in [5.74, 6) is 0. The van der Waals surface area contributed by atoms with Crippen LogP contribution in [0.5, 0.6) is 0 Å². The van der Waals surface area contributed by atoms with Gasteiger partial charge in [-0.25, -0.2) is 0 Å². The third kappa shape index (κ3) is 1.38. The highest BCUT2D eigenvalue weighted by Gasteiger charge is 2.29. The van der Waals surface area contributed by atoms with Crippen molar-refractivity contribution in [1.29, 1.82) is 0 Å². The number of nitrogens with zero attached hydrogens (tertiary/aromatic N) is 1. The molecule has 1 unspecified atom stereocenters. The molecule has 1 aliphatic carbocycles. The van der Waals surface area contributed by atoms with Gasteiger partial charge in [0.2, 0.25) is 0 Å². The SMILES string of the molecule is Cn1ccc(S(=O)C2CC2)c1. The predicted molar refractivity (Wildman–Crippen MR) is 44.8 cm³/mol. The van der Waals surface area contributed by atoms with E-state index in [9.17, 15) is 4.21 Å². The van der Waals surface area contributed by atoms with Gasteiger partial charge in [0.15, 0.2) is 0 Å². The zero-order chi connectivity index (χ0) is 7.84. The first kappa shape index (κ1) is 7.10. The molecule has 0 aliphatic heterocycles. The predicted octanol–water partition coefficient (Wildman–Crippen LogP) is 1.30. The minimum Gasteiger partial charge on any atom is -0.356 e. The van der Waals surface area contributed by atoms with E-state index in [0.717, 1.165) is 17.7 Å². The Morgan fingerprint density at radius 2 is 2.36 bits per heavy atom. The first-order valence-corrected chi connectivity index (χ1v) is 5.01. The molecule has 0 saturated heterocycles. The third-order valence-corrected chi connectivity index (χ3v) is 3.65. The standard InChI is InChI=1S/C8H11NOS/c1-9-5-4-8(6-9)11(10)7-2-3-7/h4-7H,2-3H2,1H3. The highest BCUT2D eigenvalue weighted by atomic mass is 32.2. The van der Waals surface area contributed by atoms with E-state index < -0.39 is 10.8 Å². The lowest BCUT2D eigenvalue weighted by Gasteiger charge is -1.92. The van der Waals surface area contributed by atoms with Crippen molar-refractivity contribution in [2.45, 2.75) is 23.0 Å². The highest BCUT2D eigenvalue weighted by Crippen LogP contribution is 2.30. The maximum Gasteiger partial charge on any atom is 0.0576 e. The Bertz CT molecular complexity index is 288. The maximum absolute atomic E-state index is 11.5. The Hall–Kier alpha value is -0.570. The summed E-state index contributed by atoms with van der Waals surface area (Å²) in [6.07, 6.45) is 6.16. The van der Waals surface area contributed by atoms with Crippen LogP contribution in [0.25, 0.3) is 0 Å². The molecule has 0 radical (unpaired) electrons. The highest BCUT2D eigenvalue weighted by molar-refractivity contribution is 7.86. The van der Waals surface area contributed by atoms with E-state index in [1.165, 1.54) is 0 Å².